The minimum atomic E-state index is -0.465. The number of likely N-dealkylation sites (tertiary alicyclic amines) is 1. The van der Waals surface area contributed by atoms with Crippen molar-refractivity contribution in [3.63, 3.8) is 0 Å². The quantitative estimate of drug-likeness (QED) is 0.691. The third kappa shape index (κ3) is 5.87. The van der Waals surface area contributed by atoms with Gasteiger partial charge in [0.05, 0.1) is 11.4 Å². The normalized spacial score (nSPS) is 15.6. The van der Waals surface area contributed by atoms with Crippen LogP contribution in [-0.4, -0.2) is 40.7 Å². The van der Waals surface area contributed by atoms with Gasteiger partial charge in [0.1, 0.15) is 5.60 Å². The largest absolute Gasteiger partial charge is 0.444 e. The van der Waals surface area contributed by atoms with Crippen LogP contribution in [0.15, 0.2) is 22.7 Å². The van der Waals surface area contributed by atoms with Crippen LogP contribution in [0.25, 0.3) is 17.0 Å². The van der Waals surface area contributed by atoms with Crippen molar-refractivity contribution in [3.8, 4) is 0 Å². The Kier molecular flexibility index (Phi) is 7.03. The van der Waals surface area contributed by atoms with Crippen LogP contribution in [-0.2, 0) is 16.0 Å². The fourth-order valence-electron chi connectivity index (χ4n) is 3.96. The molecule has 0 radical (unpaired) electrons. The van der Waals surface area contributed by atoms with Crippen molar-refractivity contribution in [2.24, 2.45) is 5.92 Å². The van der Waals surface area contributed by atoms with Crippen LogP contribution in [0.2, 0.25) is 0 Å². The molecular formula is C24H33N3O4. The summed E-state index contributed by atoms with van der Waals surface area (Å²) in [4.78, 5) is 25.6. The number of rotatable bonds is 5. The predicted octanol–water partition coefficient (Wildman–Crippen LogP) is 5.40. The number of aromatic nitrogens is 1. The Morgan fingerprint density at radius 1 is 1.29 bits per heavy atom. The van der Waals surface area contributed by atoms with Crippen molar-refractivity contribution in [2.45, 2.75) is 65.9 Å². The molecule has 168 valence electrons. The van der Waals surface area contributed by atoms with Gasteiger partial charge in [0, 0.05) is 31.0 Å². The lowest BCUT2D eigenvalue weighted by atomic mass is 9.91. The SMILES string of the molecule is C/C=C\c1c(NC(C)=O)ccc2c(CCC3CCN(C(=O)OC(C)(C)C)CC3)noc12. The monoisotopic (exact) mass is 427 g/mol. The van der Waals surface area contributed by atoms with Crippen LogP contribution in [0.5, 0.6) is 0 Å². The number of benzene rings is 1. The van der Waals surface area contributed by atoms with Gasteiger partial charge in [0.15, 0.2) is 5.58 Å². The maximum absolute atomic E-state index is 12.2. The van der Waals surface area contributed by atoms with E-state index in [1.807, 2.05) is 52.0 Å². The highest BCUT2D eigenvalue weighted by atomic mass is 16.6. The van der Waals surface area contributed by atoms with Crippen LogP contribution in [0.1, 0.15) is 65.1 Å². The summed E-state index contributed by atoms with van der Waals surface area (Å²) < 4.78 is 11.1. The highest BCUT2D eigenvalue weighted by Crippen LogP contribution is 2.32. The predicted molar refractivity (Wildman–Crippen MR) is 122 cm³/mol. The molecule has 2 aromatic rings. The Morgan fingerprint density at radius 2 is 2.00 bits per heavy atom. The highest BCUT2D eigenvalue weighted by molar-refractivity contribution is 5.98. The molecule has 7 heteroatoms. The maximum Gasteiger partial charge on any atom is 0.410 e. The minimum Gasteiger partial charge on any atom is -0.444 e. The van der Waals surface area contributed by atoms with Crippen molar-refractivity contribution in [1.29, 1.82) is 0 Å². The number of nitrogens with zero attached hydrogens (tertiary/aromatic N) is 2. The summed E-state index contributed by atoms with van der Waals surface area (Å²) >= 11 is 0. The van der Waals surface area contributed by atoms with E-state index in [1.54, 1.807) is 4.90 Å². The summed E-state index contributed by atoms with van der Waals surface area (Å²) in [5.74, 6) is 0.418. The molecule has 1 aliphatic rings. The van der Waals surface area contributed by atoms with Gasteiger partial charge in [0.2, 0.25) is 5.91 Å². The standard InChI is InChI=1S/C24H33N3O4/c1-6-7-18-20(25-16(2)28)11-9-19-21(26-31-22(18)19)10-8-17-12-14-27(15-13-17)23(29)30-24(3,4)5/h6-7,9,11,17H,8,10,12-15H2,1-5H3,(H,25,28)/b7-6-. The first-order chi connectivity index (χ1) is 14.7. The Labute approximate surface area is 183 Å². The van der Waals surface area contributed by atoms with Crippen LogP contribution >= 0.6 is 0 Å². The molecule has 2 heterocycles. The minimum absolute atomic E-state index is 0.123. The third-order valence-electron chi connectivity index (χ3n) is 5.45. The number of nitrogens with one attached hydrogen (secondary N) is 1. The summed E-state index contributed by atoms with van der Waals surface area (Å²) in [5.41, 5.74) is 2.71. The van der Waals surface area contributed by atoms with Crippen LogP contribution in [0.4, 0.5) is 10.5 Å². The number of carbonyl (C=O) groups is 2. The molecule has 1 aromatic heterocycles. The lowest BCUT2D eigenvalue weighted by Gasteiger charge is -2.33. The molecular weight excluding hydrogens is 394 g/mol. The fourth-order valence-corrected chi connectivity index (χ4v) is 3.96. The van der Waals surface area contributed by atoms with Gasteiger partial charge in [0.25, 0.3) is 0 Å². The maximum atomic E-state index is 12.2. The smallest absolute Gasteiger partial charge is 0.410 e. The Hall–Kier alpha value is -2.83. The number of piperidine rings is 1. The second-order valence-corrected chi connectivity index (χ2v) is 9.16. The van der Waals surface area contributed by atoms with Crippen molar-refractivity contribution in [2.75, 3.05) is 18.4 Å². The van der Waals surface area contributed by atoms with Crippen LogP contribution in [0.3, 0.4) is 0 Å². The van der Waals surface area contributed by atoms with Crippen molar-refractivity contribution in [1.82, 2.24) is 10.1 Å². The van der Waals surface area contributed by atoms with Gasteiger partial charge in [-0.05, 0) is 71.4 Å². The fraction of sp³-hybridized carbons (Fsp3) is 0.542. The first kappa shape index (κ1) is 22.8. The molecule has 0 unspecified atom stereocenters. The second-order valence-electron chi connectivity index (χ2n) is 9.16. The summed E-state index contributed by atoms with van der Waals surface area (Å²) in [6.45, 7) is 10.5. The zero-order chi connectivity index (χ0) is 22.6. The van der Waals surface area contributed by atoms with Crippen LogP contribution < -0.4 is 5.32 Å². The first-order valence-corrected chi connectivity index (χ1v) is 11.0. The van der Waals surface area contributed by atoms with Gasteiger partial charge in [-0.2, -0.15) is 0 Å². The lowest BCUT2D eigenvalue weighted by Crippen LogP contribution is -2.41. The summed E-state index contributed by atoms with van der Waals surface area (Å²) in [6, 6.07) is 3.86. The molecule has 1 aliphatic heterocycles. The molecule has 1 N–H and O–H groups in total. The number of ether oxygens (including phenoxy) is 1. The van der Waals surface area contributed by atoms with Crippen molar-refractivity contribution >= 4 is 34.7 Å². The number of fused-ring (bicyclic) bond motifs is 1. The average molecular weight is 428 g/mol. The van der Waals surface area contributed by atoms with E-state index in [9.17, 15) is 9.59 Å². The molecule has 3 rings (SSSR count). The number of amides is 2. The average Bonchev–Trinajstić information content (AvgIpc) is 3.10. The van der Waals surface area contributed by atoms with E-state index in [0.717, 1.165) is 61.1 Å². The first-order valence-electron chi connectivity index (χ1n) is 11.0. The topological polar surface area (TPSA) is 84.7 Å². The van der Waals surface area contributed by atoms with Crippen LogP contribution in [0, 0.1) is 5.92 Å². The third-order valence-corrected chi connectivity index (χ3v) is 5.45. The number of hydrogen-bond acceptors (Lipinski definition) is 5. The molecule has 2 amide bonds. The van der Waals surface area contributed by atoms with E-state index in [4.69, 9.17) is 9.26 Å². The Morgan fingerprint density at radius 3 is 2.61 bits per heavy atom. The van der Waals surface area contributed by atoms with E-state index >= 15 is 0 Å². The lowest BCUT2D eigenvalue weighted by molar-refractivity contribution is -0.114. The van der Waals surface area contributed by atoms with Crippen molar-refractivity contribution < 1.29 is 18.8 Å². The number of anilines is 1. The van der Waals surface area contributed by atoms with Gasteiger partial charge in [-0.15, -0.1) is 0 Å². The molecule has 0 bridgehead atoms. The molecule has 1 saturated heterocycles. The second kappa shape index (κ2) is 9.54. The zero-order valence-electron chi connectivity index (χ0n) is 19.2. The summed E-state index contributed by atoms with van der Waals surface area (Å²) in [6.07, 6.45) is 7.36. The van der Waals surface area contributed by atoms with E-state index in [-0.39, 0.29) is 12.0 Å². The molecule has 0 saturated carbocycles. The Balaban J connectivity index is 1.63. The molecule has 7 nitrogen and oxygen atoms in total. The van der Waals surface area contributed by atoms with Gasteiger partial charge in [-0.1, -0.05) is 17.3 Å². The van der Waals surface area contributed by atoms with Gasteiger partial charge in [-0.25, -0.2) is 4.79 Å². The van der Waals surface area contributed by atoms with Gasteiger partial charge < -0.3 is 19.5 Å². The molecule has 0 spiro atoms. The van der Waals surface area contributed by atoms with E-state index < -0.39 is 5.60 Å². The van der Waals surface area contributed by atoms with Gasteiger partial charge >= 0.3 is 6.09 Å². The molecule has 1 fully saturated rings. The number of carbonyl (C=O) groups excluding carboxylic acids is 2. The molecule has 1 aromatic carbocycles. The summed E-state index contributed by atoms with van der Waals surface area (Å²) in [5, 5.41) is 8.15. The van der Waals surface area contributed by atoms with E-state index in [1.165, 1.54) is 6.92 Å². The number of aryl methyl sites for hydroxylation is 1. The highest BCUT2D eigenvalue weighted by Gasteiger charge is 2.27. The zero-order valence-corrected chi connectivity index (χ0v) is 19.2. The molecule has 31 heavy (non-hydrogen) atoms. The van der Waals surface area contributed by atoms with Gasteiger partial charge in [-0.3, -0.25) is 4.79 Å². The van der Waals surface area contributed by atoms with E-state index in [0.29, 0.717) is 11.5 Å². The summed E-state index contributed by atoms with van der Waals surface area (Å²) in [7, 11) is 0. The molecule has 0 aliphatic carbocycles. The molecule has 0 atom stereocenters. The van der Waals surface area contributed by atoms with Crippen molar-refractivity contribution in [3.05, 3.63) is 29.5 Å². The Bertz CT molecular complexity index is 963. The number of allylic oxidation sites excluding steroid dienone is 1. The number of hydrogen-bond donors (Lipinski definition) is 1. The van der Waals surface area contributed by atoms with E-state index in [2.05, 4.69) is 10.5 Å².